The van der Waals surface area contributed by atoms with Crippen molar-refractivity contribution < 1.29 is 4.74 Å². The molecule has 1 saturated heterocycles. The number of hydrogen-bond acceptors (Lipinski definition) is 4. The number of nitrogens with zero attached hydrogens (tertiary/aromatic N) is 2. The van der Waals surface area contributed by atoms with Gasteiger partial charge in [0.15, 0.2) is 0 Å². The molecular weight excluding hydrogens is 238 g/mol. The quantitative estimate of drug-likeness (QED) is 0.608. The zero-order valence-corrected chi connectivity index (χ0v) is 13.3. The van der Waals surface area contributed by atoms with Crippen LogP contribution >= 0.6 is 0 Å². The molecule has 1 N–H and O–H groups in total. The first-order valence-electron chi connectivity index (χ1n) is 7.80. The molecule has 0 amide bonds. The van der Waals surface area contributed by atoms with Crippen molar-refractivity contribution in [3.8, 4) is 0 Å². The molecule has 1 unspecified atom stereocenters. The molecule has 0 aromatic heterocycles. The van der Waals surface area contributed by atoms with Gasteiger partial charge in [0.2, 0.25) is 0 Å². The maximum atomic E-state index is 5.53. The van der Waals surface area contributed by atoms with Crippen LogP contribution in [-0.2, 0) is 4.74 Å². The zero-order chi connectivity index (χ0) is 14.1. The lowest BCUT2D eigenvalue weighted by Gasteiger charge is -2.27. The maximum absolute atomic E-state index is 5.53. The molecule has 0 bridgehead atoms. The summed E-state index contributed by atoms with van der Waals surface area (Å²) < 4.78 is 5.53. The Balaban J connectivity index is 1.99. The molecule has 0 spiro atoms. The summed E-state index contributed by atoms with van der Waals surface area (Å²) in [5.74, 6) is 0. The highest BCUT2D eigenvalue weighted by Gasteiger charge is 2.23. The summed E-state index contributed by atoms with van der Waals surface area (Å²) in [5.41, 5.74) is 0. The van der Waals surface area contributed by atoms with Gasteiger partial charge in [-0.15, -0.1) is 0 Å². The van der Waals surface area contributed by atoms with Crippen LogP contribution in [0.5, 0.6) is 0 Å². The first kappa shape index (κ1) is 16.9. The lowest BCUT2D eigenvalue weighted by Crippen LogP contribution is -2.41. The van der Waals surface area contributed by atoms with Crippen molar-refractivity contribution in [1.82, 2.24) is 15.1 Å². The Morgan fingerprint density at radius 1 is 1.32 bits per heavy atom. The summed E-state index contributed by atoms with van der Waals surface area (Å²) >= 11 is 0. The largest absolute Gasteiger partial charge is 0.379 e. The van der Waals surface area contributed by atoms with Crippen LogP contribution in [0.4, 0.5) is 0 Å². The van der Waals surface area contributed by atoms with Crippen LogP contribution in [0.3, 0.4) is 0 Å². The molecule has 1 aliphatic rings. The van der Waals surface area contributed by atoms with E-state index in [0.717, 1.165) is 32.2 Å². The zero-order valence-electron chi connectivity index (χ0n) is 13.3. The molecule has 0 aromatic rings. The topological polar surface area (TPSA) is 27.7 Å². The van der Waals surface area contributed by atoms with Gasteiger partial charge in [0, 0.05) is 32.3 Å². The summed E-state index contributed by atoms with van der Waals surface area (Å²) in [4.78, 5) is 4.94. The fourth-order valence-electron chi connectivity index (χ4n) is 2.68. The van der Waals surface area contributed by atoms with Gasteiger partial charge in [-0.3, -0.25) is 4.90 Å². The summed E-state index contributed by atoms with van der Waals surface area (Å²) in [6.07, 6.45) is 4.19. The second-order valence-electron chi connectivity index (χ2n) is 6.12. The van der Waals surface area contributed by atoms with Gasteiger partial charge in [0.25, 0.3) is 0 Å². The highest BCUT2D eigenvalue weighted by Crippen LogP contribution is 2.16. The highest BCUT2D eigenvalue weighted by molar-refractivity contribution is 4.81. The summed E-state index contributed by atoms with van der Waals surface area (Å²) in [6, 6.07) is 0.765. The molecular formula is C15H33N3O. The van der Waals surface area contributed by atoms with E-state index in [0.29, 0.717) is 6.10 Å². The van der Waals surface area contributed by atoms with E-state index in [1.165, 1.54) is 32.5 Å². The van der Waals surface area contributed by atoms with Crippen molar-refractivity contribution in [2.24, 2.45) is 0 Å². The molecule has 0 radical (unpaired) electrons. The molecule has 1 rings (SSSR count). The third-order valence-corrected chi connectivity index (χ3v) is 3.60. The second-order valence-corrected chi connectivity index (χ2v) is 6.12. The predicted molar refractivity (Wildman–Crippen MR) is 81.7 cm³/mol. The van der Waals surface area contributed by atoms with E-state index in [4.69, 9.17) is 4.74 Å². The predicted octanol–water partition coefficient (Wildman–Crippen LogP) is 1.42. The average Bonchev–Trinajstić information content (AvgIpc) is 2.74. The molecule has 1 heterocycles. The lowest BCUT2D eigenvalue weighted by atomic mass is 10.2. The minimum absolute atomic E-state index is 0.358. The van der Waals surface area contributed by atoms with Crippen LogP contribution < -0.4 is 5.32 Å². The third-order valence-electron chi connectivity index (χ3n) is 3.60. The lowest BCUT2D eigenvalue weighted by molar-refractivity contribution is 0.0769. The van der Waals surface area contributed by atoms with Gasteiger partial charge >= 0.3 is 0 Å². The van der Waals surface area contributed by atoms with Gasteiger partial charge in [-0.05, 0) is 60.3 Å². The summed E-state index contributed by atoms with van der Waals surface area (Å²) in [7, 11) is 4.34. The maximum Gasteiger partial charge on any atom is 0.0518 e. The fourth-order valence-corrected chi connectivity index (χ4v) is 2.68. The highest BCUT2D eigenvalue weighted by atomic mass is 16.5. The van der Waals surface area contributed by atoms with Crippen LogP contribution in [0.2, 0.25) is 0 Å². The van der Waals surface area contributed by atoms with Gasteiger partial charge < -0.3 is 15.0 Å². The van der Waals surface area contributed by atoms with Crippen molar-refractivity contribution in [3.63, 3.8) is 0 Å². The van der Waals surface area contributed by atoms with Crippen molar-refractivity contribution in [2.75, 3.05) is 53.4 Å². The van der Waals surface area contributed by atoms with E-state index >= 15 is 0 Å². The van der Waals surface area contributed by atoms with Crippen molar-refractivity contribution in [3.05, 3.63) is 0 Å². The van der Waals surface area contributed by atoms with E-state index in [1.54, 1.807) is 0 Å². The van der Waals surface area contributed by atoms with Gasteiger partial charge in [-0.2, -0.15) is 0 Å². The van der Waals surface area contributed by atoms with Gasteiger partial charge in [-0.25, -0.2) is 0 Å². The molecule has 1 aliphatic heterocycles. The molecule has 1 fully saturated rings. The molecule has 19 heavy (non-hydrogen) atoms. The van der Waals surface area contributed by atoms with Crippen molar-refractivity contribution in [2.45, 2.75) is 45.3 Å². The normalized spacial score (nSPS) is 20.8. The van der Waals surface area contributed by atoms with Crippen molar-refractivity contribution in [1.29, 1.82) is 0 Å². The van der Waals surface area contributed by atoms with Crippen LogP contribution in [0.25, 0.3) is 0 Å². The van der Waals surface area contributed by atoms with Crippen molar-refractivity contribution >= 4 is 0 Å². The van der Waals surface area contributed by atoms with E-state index in [-0.39, 0.29) is 0 Å². The van der Waals surface area contributed by atoms with E-state index in [9.17, 15) is 0 Å². The minimum atomic E-state index is 0.358. The molecule has 4 nitrogen and oxygen atoms in total. The standard InChI is InChI=1S/C15H33N3O/c1-14(2)19-12-6-8-16-9-11-18-10-5-7-15(18)13-17(3)4/h14-16H,5-13H2,1-4H3. The summed E-state index contributed by atoms with van der Waals surface area (Å²) in [5, 5.41) is 3.52. The SMILES string of the molecule is CC(C)OCCCNCCN1CCCC1CN(C)C. The number of ether oxygens (including phenoxy) is 1. The van der Waals surface area contributed by atoms with E-state index in [1.807, 2.05) is 0 Å². The number of likely N-dealkylation sites (tertiary alicyclic amines) is 1. The Bertz CT molecular complexity index is 221. The number of rotatable bonds is 10. The molecule has 0 aliphatic carbocycles. The minimum Gasteiger partial charge on any atom is -0.379 e. The smallest absolute Gasteiger partial charge is 0.0518 e. The first-order chi connectivity index (χ1) is 9.09. The van der Waals surface area contributed by atoms with E-state index < -0.39 is 0 Å². The van der Waals surface area contributed by atoms with Crippen LogP contribution in [0.1, 0.15) is 33.1 Å². The summed E-state index contributed by atoms with van der Waals surface area (Å²) in [6.45, 7) is 10.9. The van der Waals surface area contributed by atoms with Crippen LogP contribution in [0.15, 0.2) is 0 Å². The monoisotopic (exact) mass is 271 g/mol. The van der Waals surface area contributed by atoms with Gasteiger partial charge in [0.1, 0.15) is 0 Å². The Hall–Kier alpha value is -0.160. The number of hydrogen-bond donors (Lipinski definition) is 1. The Labute approximate surface area is 119 Å². The molecule has 0 aromatic carbocycles. The Kier molecular flexibility index (Phi) is 8.62. The second kappa shape index (κ2) is 9.70. The molecule has 114 valence electrons. The van der Waals surface area contributed by atoms with Gasteiger partial charge in [-0.1, -0.05) is 0 Å². The Morgan fingerprint density at radius 2 is 2.11 bits per heavy atom. The average molecular weight is 271 g/mol. The Morgan fingerprint density at radius 3 is 2.79 bits per heavy atom. The van der Waals surface area contributed by atoms with E-state index in [2.05, 4.69) is 43.1 Å². The number of likely N-dealkylation sites (N-methyl/N-ethyl adjacent to an activating group) is 1. The van der Waals surface area contributed by atoms with Crippen LogP contribution in [-0.4, -0.2) is 75.4 Å². The molecule has 1 atom stereocenters. The molecule has 4 heteroatoms. The van der Waals surface area contributed by atoms with Gasteiger partial charge in [0.05, 0.1) is 6.10 Å². The fraction of sp³-hybridized carbons (Fsp3) is 1.00. The molecule has 0 saturated carbocycles. The van der Waals surface area contributed by atoms with Crippen LogP contribution in [0, 0.1) is 0 Å². The number of nitrogens with one attached hydrogen (secondary N) is 1. The third kappa shape index (κ3) is 7.88. The first-order valence-corrected chi connectivity index (χ1v) is 7.80.